The number of thioether (sulfide) groups is 1. The first kappa shape index (κ1) is 22.5. The molecule has 7 heteroatoms. The van der Waals surface area contributed by atoms with E-state index in [-0.39, 0.29) is 24.0 Å². The molecule has 0 spiro atoms. The number of aliphatic imine (C=N–C) groups is 1. The quantitative estimate of drug-likeness (QED) is 0.213. The van der Waals surface area contributed by atoms with E-state index in [4.69, 9.17) is 4.99 Å². The molecule has 2 aromatic carbocycles. The van der Waals surface area contributed by atoms with Crippen LogP contribution in [0, 0.1) is 0 Å². The highest BCUT2D eigenvalue weighted by Gasteiger charge is 2.07. The maximum absolute atomic E-state index is 4.78. The van der Waals surface area contributed by atoms with Crippen LogP contribution in [-0.2, 0) is 13.0 Å². The minimum atomic E-state index is 0. The van der Waals surface area contributed by atoms with Crippen LogP contribution < -0.4 is 5.32 Å². The van der Waals surface area contributed by atoms with E-state index in [0.29, 0.717) is 6.54 Å². The summed E-state index contributed by atoms with van der Waals surface area (Å²) < 4.78 is 0. The Hall–Kier alpha value is -1.74. The van der Waals surface area contributed by atoms with Gasteiger partial charge in [0.1, 0.15) is 5.82 Å². The molecule has 3 rings (SSSR count). The maximum Gasteiger partial charge on any atom is 0.193 e. The summed E-state index contributed by atoms with van der Waals surface area (Å²) in [6.45, 7) is 4.46. The number of hydrogen-bond acceptors (Lipinski definition) is 3. The minimum Gasteiger partial charge on any atom is -0.357 e. The van der Waals surface area contributed by atoms with E-state index in [2.05, 4.69) is 70.7 Å². The highest BCUT2D eigenvalue weighted by Crippen LogP contribution is 2.15. The largest absolute Gasteiger partial charge is 0.357 e. The zero-order valence-electron chi connectivity index (χ0n) is 16.6. The Kier molecular flexibility index (Phi) is 9.11. The van der Waals surface area contributed by atoms with Crippen molar-refractivity contribution in [2.45, 2.75) is 24.8 Å². The summed E-state index contributed by atoms with van der Waals surface area (Å²) in [5.74, 6) is 1.90. The fourth-order valence-electron chi connectivity index (χ4n) is 2.94. The van der Waals surface area contributed by atoms with E-state index in [0.717, 1.165) is 42.3 Å². The second kappa shape index (κ2) is 11.3. The number of para-hydroxylation sites is 2. The number of aromatic nitrogens is 2. The van der Waals surface area contributed by atoms with Gasteiger partial charge in [0.2, 0.25) is 0 Å². The third-order valence-corrected chi connectivity index (χ3v) is 5.07. The number of rotatable bonds is 7. The first-order valence-electron chi connectivity index (χ1n) is 9.25. The number of aromatic amines is 1. The van der Waals surface area contributed by atoms with Crippen LogP contribution in [0.4, 0.5) is 0 Å². The monoisotopic (exact) mass is 509 g/mol. The molecule has 0 bridgehead atoms. The lowest BCUT2D eigenvalue weighted by Gasteiger charge is -2.22. The maximum atomic E-state index is 4.78. The second-order valence-corrected chi connectivity index (χ2v) is 7.27. The van der Waals surface area contributed by atoms with Gasteiger partial charge < -0.3 is 15.2 Å². The first-order chi connectivity index (χ1) is 13.2. The molecule has 150 valence electrons. The summed E-state index contributed by atoms with van der Waals surface area (Å²) in [6, 6.07) is 16.8. The highest BCUT2D eigenvalue weighted by atomic mass is 127. The van der Waals surface area contributed by atoms with Crippen LogP contribution in [0.25, 0.3) is 11.0 Å². The van der Waals surface area contributed by atoms with E-state index in [1.54, 1.807) is 11.8 Å². The molecule has 0 atom stereocenters. The first-order valence-corrected chi connectivity index (χ1v) is 10.5. The van der Waals surface area contributed by atoms with Crippen LogP contribution in [0.2, 0.25) is 0 Å². The van der Waals surface area contributed by atoms with Gasteiger partial charge in [-0.05, 0) is 43.0 Å². The van der Waals surface area contributed by atoms with E-state index in [1.165, 1.54) is 10.5 Å². The standard InChI is InChI=1S/C21H27N5S.HI/c1-4-22-21(26(2)15-16-9-11-17(27-3)12-10-16)23-14-13-20-24-18-7-5-6-8-19(18)25-20;/h5-12H,4,13-15H2,1-3H3,(H,22,23)(H,24,25);1H. The Morgan fingerprint density at radius 2 is 1.93 bits per heavy atom. The van der Waals surface area contributed by atoms with Gasteiger partial charge in [-0.25, -0.2) is 4.98 Å². The second-order valence-electron chi connectivity index (χ2n) is 6.39. The van der Waals surface area contributed by atoms with Gasteiger partial charge in [-0.3, -0.25) is 4.99 Å². The average molecular weight is 509 g/mol. The topological polar surface area (TPSA) is 56.3 Å². The summed E-state index contributed by atoms with van der Waals surface area (Å²) in [6.07, 6.45) is 2.89. The molecule has 28 heavy (non-hydrogen) atoms. The van der Waals surface area contributed by atoms with Crippen molar-refractivity contribution in [2.24, 2.45) is 4.99 Å². The van der Waals surface area contributed by atoms with Gasteiger partial charge in [0.25, 0.3) is 0 Å². The van der Waals surface area contributed by atoms with Crippen molar-refractivity contribution in [1.29, 1.82) is 0 Å². The number of guanidine groups is 1. The van der Waals surface area contributed by atoms with Crippen LogP contribution in [0.3, 0.4) is 0 Å². The number of benzene rings is 2. The predicted octanol–water partition coefficient (Wildman–Crippen LogP) is 4.54. The van der Waals surface area contributed by atoms with Gasteiger partial charge in [-0.2, -0.15) is 0 Å². The average Bonchev–Trinajstić information content (AvgIpc) is 3.10. The fraction of sp³-hybridized carbons (Fsp3) is 0.333. The minimum absolute atomic E-state index is 0. The Morgan fingerprint density at radius 3 is 2.61 bits per heavy atom. The number of halogens is 1. The molecule has 5 nitrogen and oxygen atoms in total. The zero-order valence-corrected chi connectivity index (χ0v) is 19.8. The van der Waals surface area contributed by atoms with Crippen LogP contribution in [0.15, 0.2) is 58.4 Å². The molecule has 2 N–H and O–H groups in total. The van der Waals surface area contributed by atoms with Crippen LogP contribution in [-0.4, -0.2) is 47.2 Å². The summed E-state index contributed by atoms with van der Waals surface area (Å²) in [5, 5.41) is 3.38. The Bertz CT molecular complexity index is 858. The van der Waals surface area contributed by atoms with Gasteiger partial charge in [0.05, 0.1) is 11.0 Å². The number of hydrogen-bond donors (Lipinski definition) is 2. The van der Waals surface area contributed by atoms with Crippen molar-refractivity contribution in [2.75, 3.05) is 26.4 Å². The highest BCUT2D eigenvalue weighted by molar-refractivity contribution is 14.0. The van der Waals surface area contributed by atoms with Crippen molar-refractivity contribution >= 4 is 52.7 Å². The molecule has 0 aliphatic rings. The molecule has 0 unspecified atom stereocenters. The summed E-state index contributed by atoms with van der Waals surface area (Å²) in [7, 11) is 2.07. The van der Waals surface area contributed by atoms with E-state index in [9.17, 15) is 0 Å². The Balaban J connectivity index is 0.00000280. The number of fused-ring (bicyclic) bond motifs is 1. The molecule has 0 saturated heterocycles. The molecule has 0 amide bonds. The molecular formula is C21H28IN5S. The van der Waals surface area contributed by atoms with E-state index in [1.807, 2.05) is 18.2 Å². The van der Waals surface area contributed by atoms with E-state index < -0.39 is 0 Å². The van der Waals surface area contributed by atoms with Crippen molar-refractivity contribution in [1.82, 2.24) is 20.2 Å². The van der Waals surface area contributed by atoms with Gasteiger partial charge >= 0.3 is 0 Å². The zero-order chi connectivity index (χ0) is 19.1. The molecule has 0 radical (unpaired) electrons. The molecule has 3 aromatic rings. The van der Waals surface area contributed by atoms with Gasteiger partial charge in [-0.15, -0.1) is 35.7 Å². The van der Waals surface area contributed by atoms with E-state index >= 15 is 0 Å². The Labute approximate surface area is 188 Å². The number of nitrogens with one attached hydrogen (secondary N) is 2. The summed E-state index contributed by atoms with van der Waals surface area (Å²) in [5.41, 5.74) is 3.36. The lowest BCUT2D eigenvalue weighted by molar-refractivity contribution is 0.477. The smallest absolute Gasteiger partial charge is 0.193 e. The molecule has 0 aliphatic heterocycles. The lowest BCUT2D eigenvalue weighted by Crippen LogP contribution is -2.38. The predicted molar refractivity (Wildman–Crippen MR) is 131 cm³/mol. The molecule has 0 aliphatic carbocycles. The van der Waals surface area contributed by atoms with Crippen LogP contribution >= 0.6 is 35.7 Å². The van der Waals surface area contributed by atoms with Crippen molar-refractivity contribution < 1.29 is 0 Å². The van der Waals surface area contributed by atoms with Gasteiger partial charge in [0.15, 0.2) is 5.96 Å². The number of imidazole rings is 1. The van der Waals surface area contributed by atoms with Crippen molar-refractivity contribution in [3.63, 3.8) is 0 Å². The third-order valence-electron chi connectivity index (χ3n) is 4.32. The SMILES string of the molecule is CCNC(=NCCc1nc2ccccc2[nH]1)N(C)Cc1ccc(SC)cc1.I. The Morgan fingerprint density at radius 1 is 1.18 bits per heavy atom. The number of H-pyrrole nitrogens is 1. The summed E-state index contributed by atoms with van der Waals surface area (Å²) >= 11 is 1.76. The molecule has 0 saturated carbocycles. The van der Waals surface area contributed by atoms with Gasteiger partial charge in [0, 0.05) is 38.0 Å². The normalized spacial score (nSPS) is 11.3. The van der Waals surface area contributed by atoms with Crippen molar-refractivity contribution in [3.05, 3.63) is 59.9 Å². The van der Waals surface area contributed by atoms with Crippen molar-refractivity contribution in [3.8, 4) is 0 Å². The number of nitrogens with zero attached hydrogens (tertiary/aromatic N) is 3. The molecule has 0 fully saturated rings. The molecule has 1 heterocycles. The molecule has 1 aromatic heterocycles. The van der Waals surface area contributed by atoms with Crippen LogP contribution in [0.5, 0.6) is 0 Å². The third kappa shape index (κ3) is 6.13. The summed E-state index contributed by atoms with van der Waals surface area (Å²) in [4.78, 5) is 16.2. The van der Waals surface area contributed by atoms with Gasteiger partial charge in [-0.1, -0.05) is 24.3 Å². The van der Waals surface area contributed by atoms with Crippen LogP contribution in [0.1, 0.15) is 18.3 Å². The fourth-order valence-corrected chi connectivity index (χ4v) is 3.35. The lowest BCUT2D eigenvalue weighted by atomic mass is 10.2. The molecular weight excluding hydrogens is 481 g/mol.